The van der Waals surface area contributed by atoms with Crippen molar-refractivity contribution < 1.29 is 23.8 Å². The van der Waals surface area contributed by atoms with Gasteiger partial charge in [0.2, 0.25) is 0 Å². The molecule has 0 radical (unpaired) electrons. The molecule has 1 N–H and O–H groups in total. The van der Waals surface area contributed by atoms with Crippen molar-refractivity contribution in [3.8, 4) is 21.9 Å². The van der Waals surface area contributed by atoms with E-state index >= 15 is 0 Å². The number of ether oxygens (including phenoxy) is 3. The lowest BCUT2D eigenvalue weighted by atomic mass is 10.1. The Balaban J connectivity index is 1.75. The predicted octanol–water partition coefficient (Wildman–Crippen LogP) is 4.47. The van der Waals surface area contributed by atoms with Crippen LogP contribution in [0.5, 0.6) is 11.5 Å². The molecule has 2 aromatic carbocycles. The highest BCUT2D eigenvalue weighted by atomic mass is 32.1. The number of nitrogens with zero attached hydrogens (tertiary/aromatic N) is 1. The first kappa shape index (κ1) is 22.8. The molecule has 1 aromatic heterocycles. The number of morpholine rings is 1. The minimum Gasteiger partial charge on any atom is -0.497 e. The summed E-state index contributed by atoms with van der Waals surface area (Å²) in [6.45, 7) is 3.97. The topological polar surface area (TPSA) is 77.1 Å². The maximum Gasteiger partial charge on any atom is 0.260 e. The van der Waals surface area contributed by atoms with E-state index in [1.54, 1.807) is 23.1 Å². The molecule has 0 bridgehead atoms. The number of anilines is 1. The van der Waals surface area contributed by atoms with E-state index in [2.05, 4.69) is 5.32 Å². The minimum absolute atomic E-state index is 0.109. The summed E-state index contributed by atoms with van der Waals surface area (Å²) in [6.07, 6.45) is 0. The van der Waals surface area contributed by atoms with Gasteiger partial charge in [-0.2, -0.15) is 0 Å². The van der Waals surface area contributed by atoms with Crippen LogP contribution < -0.4 is 14.8 Å². The van der Waals surface area contributed by atoms with Crippen LogP contribution in [0.25, 0.3) is 10.4 Å². The highest BCUT2D eigenvalue weighted by Gasteiger charge is 2.28. The van der Waals surface area contributed by atoms with Gasteiger partial charge >= 0.3 is 0 Å². The first-order valence-electron chi connectivity index (χ1n) is 10.6. The molecule has 1 aliphatic rings. The van der Waals surface area contributed by atoms with Gasteiger partial charge in [0.15, 0.2) is 0 Å². The molecular weight excluding hydrogens is 440 g/mol. The molecule has 0 unspecified atom stereocenters. The first-order valence-corrected chi connectivity index (χ1v) is 11.4. The Labute approximate surface area is 196 Å². The molecule has 1 fully saturated rings. The van der Waals surface area contributed by atoms with Gasteiger partial charge in [0, 0.05) is 18.0 Å². The average molecular weight is 467 g/mol. The number of benzene rings is 2. The minimum atomic E-state index is -0.373. The maximum atomic E-state index is 13.5. The van der Waals surface area contributed by atoms with Crippen molar-refractivity contribution >= 4 is 28.2 Å². The van der Waals surface area contributed by atoms with Gasteiger partial charge in [0.25, 0.3) is 11.8 Å². The predicted molar refractivity (Wildman–Crippen MR) is 129 cm³/mol. The zero-order chi connectivity index (χ0) is 23.4. The highest BCUT2D eigenvalue weighted by Crippen LogP contribution is 2.41. The van der Waals surface area contributed by atoms with Crippen LogP contribution in [-0.2, 0) is 4.74 Å². The van der Waals surface area contributed by atoms with E-state index in [4.69, 9.17) is 14.2 Å². The van der Waals surface area contributed by atoms with Crippen LogP contribution in [0.4, 0.5) is 5.00 Å². The Hall–Kier alpha value is -3.36. The van der Waals surface area contributed by atoms with Gasteiger partial charge in [0.1, 0.15) is 16.5 Å². The number of hydrogen-bond donors (Lipinski definition) is 1. The number of carbonyl (C=O) groups excluding carboxylic acids is 2. The third-order valence-electron chi connectivity index (χ3n) is 5.57. The fraction of sp³-hybridized carbons (Fsp3) is 0.280. The Morgan fingerprint density at radius 3 is 2.42 bits per heavy atom. The van der Waals surface area contributed by atoms with E-state index in [0.29, 0.717) is 53.9 Å². The van der Waals surface area contributed by atoms with Crippen molar-refractivity contribution in [2.24, 2.45) is 0 Å². The molecule has 1 aliphatic heterocycles. The van der Waals surface area contributed by atoms with E-state index in [1.807, 2.05) is 37.3 Å². The molecule has 1 saturated heterocycles. The normalized spacial score (nSPS) is 13.5. The van der Waals surface area contributed by atoms with Gasteiger partial charge in [-0.15, -0.1) is 11.3 Å². The summed E-state index contributed by atoms with van der Waals surface area (Å²) in [5.41, 5.74) is 2.68. The number of thiophene rings is 1. The van der Waals surface area contributed by atoms with Crippen LogP contribution in [-0.4, -0.2) is 57.2 Å². The van der Waals surface area contributed by atoms with E-state index in [0.717, 1.165) is 16.0 Å². The van der Waals surface area contributed by atoms with Crippen molar-refractivity contribution in [3.05, 3.63) is 65.2 Å². The molecule has 0 atom stereocenters. The van der Waals surface area contributed by atoms with E-state index in [-0.39, 0.29) is 11.8 Å². The van der Waals surface area contributed by atoms with E-state index in [9.17, 15) is 9.59 Å². The summed E-state index contributed by atoms with van der Waals surface area (Å²) in [5, 5.41) is 3.48. The van der Waals surface area contributed by atoms with Crippen LogP contribution in [0.15, 0.2) is 48.5 Å². The van der Waals surface area contributed by atoms with Crippen molar-refractivity contribution in [2.45, 2.75) is 6.92 Å². The monoisotopic (exact) mass is 466 g/mol. The quantitative estimate of drug-likeness (QED) is 0.580. The summed E-state index contributed by atoms with van der Waals surface area (Å²) >= 11 is 1.40. The molecule has 0 aliphatic carbocycles. The summed E-state index contributed by atoms with van der Waals surface area (Å²) in [4.78, 5) is 29.5. The lowest BCUT2D eigenvalue weighted by molar-refractivity contribution is 0.0303. The van der Waals surface area contributed by atoms with Gasteiger partial charge in [0.05, 0.1) is 38.6 Å². The molecule has 33 heavy (non-hydrogen) atoms. The van der Waals surface area contributed by atoms with Gasteiger partial charge in [-0.25, -0.2) is 0 Å². The zero-order valence-electron chi connectivity index (χ0n) is 18.8. The lowest BCUT2D eigenvalue weighted by Gasteiger charge is -2.27. The third kappa shape index (κ3) is 4.72. The van der Waals surface area contributed by atoms with Crippen molar-refractivity contribution in [1.29, 1.82) is 0 Å². The van der Waals surface area contributed by atoms with Crippen molar-refractivity contribution in [2.75, 3.05) is 45.8 Å². The molecule has 4 rings (SSSR count). The van der Waals surface area contributed by atoms with Crippen LogP contribution in [0.1, 0.15) is 26.3 Å². The third-order valence-corrected chi connectivity index (χ3v) is 6.83. The SMILES string of the molecule is COc1ccc(OC)c(C(=O)Nc2sc(-c3ccccc3)c(C)c2C(=O)N2CCOCC2)c1. The molecule has 7 nitrogen and oxygen atoms in total. The molecule has 0 spiro atoms. The van der Waals surface area contributed by atoms with Gasteiger partial charge in [-0.1, -0.05) is 30.3 Å². The lowest BCUT2D eigenvalue weighted by Crippen LogP contribution is -2.41. The second-order valence-electron chi connectivity index (χ2n) is 7.55. The zero-order valence-corrected chi connectivity index (χ0v) is 19.7. The fourth-order valence-corrected chi connectivity index (χ4v) is 5.01. The van der Waals surface area contributed by atoms with Gasteiger partial charge in [-0.3, -0.25) is 9.59 Å². The molecule has 8 heteroatoms. The number of amides is 2. The first-order chi connectivity index (χ1) is 16.0. The Kier molecular flexibility index (Phi) is 6.96. The van der Waals surface area contributed by atoms with Gasteiger partial charge < -0.3 is 24.4 Å². The summed E-state index contributed by atoms with van der Waals surface area (Å²) in [5.74, 6) is 0.480. The van der Waals surface area contributed by atoms with Gasteiger partial charge in [-0.05, 0) is 36.2 Å². The fourth-order valence-electron chi connectivity index (χ4n) is 3.81. The largest absolute Gasteiger partial charge is 0.497 e. The molecule has 3 aromatic rings. The summed E-state index contributed by atoms with van der Waals surface area (Å²) in [6, 6.07) is 14.9. The molecule has 2 amide bonds. The van der Waals surface area contributed by atoms with Crippen LogP contribution in [0, 0.1) is 6.92 Å². The Bertz CT molecular complexity index is 1150. The molecule has 172 valence electrons. The molecule has 0 saturated carbocycles. The summed E-state index contributed by atoms with van der Waals surface area (Å²) < 4.78 is 16.0. The van der Waals surface area contributed by atoms with E-state index in [1.165, 1.54) is 25.6 Å². The van der Waals surface area contributed by atoms with E-state index < -0.39 is 0 Å². The number of nitrogens with one attached hydrogen (secondary N) is 1. The number of methoxy groups -OCH3 is 2. The number of hydrogen-bond acceptors (Lipinski definition) is 6. The molecule has 2 heterocycles. The smallest absolute Gasteiger partial charge is 0.260 e. The van der Waals surface area contributed by atoms with Crippen LogP contribution in [0.2, 0.25) is 0 Å². The molecular formula is C25H26N2O5S. The second kappa shape index (κ2) is 10.1. The van der Waals surface area contributed by atoms with Crippen LogP contribution in [0.3, 0.4) is 0 Å². The van der Waals surface area contributed by atoms with Crippen molar-refractivity contribution in [3.63, 3.8) is 0 Å². The number of rotatable bonds is 6. The standard InChI is InChI=1S/C25H26N2O5S/c1-16-21(25(29)27-11-13-32-14-12-27)24(33-22(16)17-7-5-4-6-8-17)26-23(28)19-15-18(30-2)9-10-20(19)31-3/h4-10,15H,11-14H2,1-3H3,(H,26,28). The Morgan fingerprint density at radius 2 is 1.76 bits per heavy atom. The highest BCUT2D eigenvalue weighted by molar-refractivity contribution is 7.20. The summed E-state index contributed by atoms with van der Waals surface area (Å²) in [7, 11) is 3.05. The van der Waals surface area contributed by atoms with Crippen molar-refractivity contribution in [1.82, 2.24) is 4.90 Å². The second-order valence-corrected chi connectivity index (χ2v) is 8.57. The number of carbonyl (C=O) groups is 2. The average Bonchev–Trinajstić information content (AvgIpc) is 3.19. The van der Waals surface area contributed by atoms with Crippen LogP contribution >= 0.6 is 11.3 Å². The maximum absolute atomic E-state index is 13.5. The Morgan fingerprint density at radius 1 is 1.03 bits per heavy atom.